The summed E-state index contributed by atoms with van der Waals surface area (Å²) in [6, 6.07) is 0. The Kier molecular flexibility index (Phi) is 6.34. The van der Waals surface area contributed by atoms with Crippen LogP contribution in [0.2, 0.25) is 0 Å². The normalized spacial score (nSPS) is 13.5. The molecule has 5 nitrogen and oxygen atoms in total. The van der Waals surface area contributed by atoms with Crippen LogP contribution in [0.5, 0.6) is 0 Å². The van der Waals surface area contributed by atoms with Crippen LogP contribution in [0.15, 0.2) is 11.8 Å². The van der Waals surface area contributed by atoms with Gasteiger partial charge >= 0.3 is 21.6 Å². The molecule has 0 heterocycles. The number of carbonyl (C=O) groups is 1. The third kappa shape index (κ3) is 6.46. The van der Waals surface area contributed by atoms with E-state index >= 15 is 0 Å². The standard InChI is InChI=1S/C10H15F3O5S/c1-4-17-9(14)6-8(5-7(2)3)18-19(15,16)10(11,12)13/h6-7H,4-5H2,1-3H3/b8-6-. The summed E-state index contributed by atoms with van der Waals surface area (Å²) < 4.78 is 66.6. The van der Waals surface area contributed by atoms with Crippen LogP contribution in [0.3, 0.4) is 0 Å². The summed E-state index contributed by atoms with van der Waals surface area (Å²) in [7, 11) is -5.78. The number of ether oxygens (including phenoxy) is 1. The van der Waals surface area contributed by atoms with Crippen LogP contribution >= 0.6 is 0 Å². The smallest absolute Gasteiger partial charge is 0.463 e. The molecular weight excluding hydrogens is 289 g/mol. The molecule has 0 saturated carbocycles. The molecule has 0 aromatic carbocycles. The highest BCUT2D eigenvalue weighted by Gasteiger charge is 2.48. The lowest BCUT2D eigenvalue weighted by Gasteiger charge is -2.13. The summed E-state index contributed by atoms with van der Waals surface area (Å²) in [4.78, 5) is 11.1. The van der Waals surface area contributed by atoms with E-state index in [1.807, 2.05) is 0 Å². The van der Waals surface area contributed by atoms with Crippen LogP contribution in [-0.2, 0) is 23.8 Å². The number of hydrogen-bond donors (Lipinski definition) is 0. The lowest BCUT2D eigenvalue weighted by atomic mass is 10.1. The summed E-state index contributed by atoms with van der Waals surface area (Å²) in [6.45, 7) is 4.77. The average Bonchev–Trinajstić information content (AvgIpc) is 2.13. The van der Waals surface area contributed by atoms with Crippen LogP contribution in [0.25, 0.3) is 0 Å². The molecule has 0 rings (SSSR count). The SMILES string of the molecule is CCOC(=O)/C=C(/CC(C)C)OS(=O)(=O)C(F)(F)F. The van der Waals surface area contributed by atoms with E-state index in [0.29, 0.717) is 6.08 Å². The topological polar surface area (TPSA) is 69.7 Å². The van der Waals surface area contributed by atoms with Crippen molar-refractivity contribution in [3.8, 4) is 0 Å². The fraction of sp³-hybridized carbons (Fsp3) is 0.700. The minimum Gasteiger partial charge on any atom is -0.463 e. The minimum absolute atomic E-state index is 0.0102. The van der Waals surface area contributed by atoms with Crippen molar-refractivity contribution in [2.75, 3.05) is 6.61 Å². The van der Waals surface area contributed by atoms with E-state index in [4.69, 9.17) is 0 Å². The molecule has 0 N–H and O–H groups in total. The molecule has 0 amide bonds. The number of halogens is 3. The zero-order valence-electron chi connectivity index (χ0n) is 10.7. The fourth-order valence-electron chi connectivity index (χ4n) is 1.02. The minimum atomic E-state index is -5.78. The molecule has 0 aromatic heterocycles. The second-order valence-electron chi connectivity index (χ2n) is 3.94. The van der Waals surface area contributed by atoms with Crippen LogP contribution in [-0.4, -0.2) is 26.5 Å². The van der Waals surface area contributed by atoms with Gasteiger partial charge in [0.2, 0.25) is 0 Å². The van der Waals surface area contributed by atoms with E-state index < -0.39 is 27.4 Å². The average molecular weight is 304 g/mol. The first-order valence-corrected chi connectivity index (χ1v) is 6.78. The molecule has 0 aliphatic rings. The van der Waals surface area contributed by atoms with E-state index in [1.54, 1.807) is 13.8 Å². The van der Waals surface area contributed by atoms with Gasteiger partial charge in [0.1, 0.15) is 5.76 Å². The molecule has 0 aromatic rings. The molecule has 9 heteroatoms. The van der Waals surface area contributed by atoms with Gasteiger partial charge in [-0.1, -0.05) is 13.8 Å². The first-order chi connectivity index (χ1) is 8.49. The predicted molar refractivity (Wildman–Crippen MR) is 60.2 cm³/mol. The van der Waals surface area contributed by atoms with Gasteiger partial charge in [0.05, 0.1) is 12.7 Å². The molecule has 0 fully saturated rings. The van der Waals surface area contributed by atoms with Crippen molar-refractivity contribution in [2.45, 2.75) is 32.7 Å². The van der Waals surface area contributed by atoms with E-state index in [2.05, 4.69) is 8.92 Å². The van der Waals surface area contributed by atoms with Crippen molar-refractivity contribution >= 4 is 16.1 Å². The number of carbonyl (C=O) groups excluding carboxylic acids is 1. The first-order valence-electron chi connectivity index (χ1n) is 5.37. The van der Waals surface area contributed by atoms with Gasteiger partial charge in [-0.2, -0.15) is 21.6 Å². The van der Waals surface area contributed by atoms with Gasteiger partial charge in [0.15, 0.2) is 0 Å². The zero-order valence-corrected chi connectivity index (χ0v) is 11.5. The highest BCUT2D eigenvalue weighted by Crippen LogP contribution is 2.28. The zero-order chi connectivity index (χ0) is 15.3. The Balaban J connectivity index is 5.14. The Labute approximate surface area is 109 Å². The van der Waals surface area contributed by atoms with Crippen LogP contribution < -0.4 is 0 Å². The van der Waals surface area contributed by atoms with Crippen molar-refractivity contribution in [2.24, 2.45) is 5.92 Å². The molecular formula is C10H15F3O5S. The summed E-state index contributed by atoms with van der Waals surface area (Å²) >= 11 is 0. The lowest BCUT2D eigenvalue weighted by Crippen LogP contribution is -2.26. The Morgan fingerprint density at radius 3 is 2.21 bits per heavy atom. The van der Waals surface area contributed by atoms with E-state index in [0.717, 1.165) is 0 Å². The number of esters is 1. The quantitative estimate of drug-likeness (QED) is 0.248. The first kappa shape index (κ1) is 17.8. The highest BCUT2D eigenvalue weighted by atomic mass is 32.2. The third-order valence-electron chi connectivity index (χ3n) is 1.68. The van der Waals surface area contributed by atoms with Gasteiger partial charge in [-0.05, 0) is 12.8 Å². The molecule has 0 atom stereocenters. The van der Waals surface area contributed by atoms with Crippen LogP contribution in [0, 0.1) is 5.92 Å². The Morgan fingerprint density at radius 2 is 1.84 bits per heavy atom. The maximum absolute atomic E-state index is 12.2. The summed E-state index contributed by atoms with van der Waals surface area (Å²) in [6.07, 6.45) is 0.459. The molecule has 0 unspecified atom stereocenters. The van der Waals surface area contributed by atoms with Crippen molar-refractivity contribution in [1.29, 1.82) is 0 Å². The van der Waals surface area contributed by atoms with Gasteiger partial charge in [-0.15, -0.1) is 0 Å². The third-order valence-corrected chi connectivity index (χ3v) is 2.68. The van der Waals surface area contributed by atoms with Crippen LogP contribution in [0.1, 0.15) is 27.2 Å². The van der Waals surface area contributed by atoms with Crippen LogP contribution in [0.4, 0.5) is 13.2 Å². The summed E-state index contributed by atoms with van der Waals surface area (Å²) in [5.74, 6) is -1.77. The molecule has 0 bridgehead atoms. The lowest BCUT2D eigenvalue weighted by molar-refractivity contribution is -0.137. The fourth-order valence-corrected chi connectivity index (χ4v) is 1.52. The molecule has 0 saturated heterocycles. The van der Waals surface area contributed by atoms with Gasteiger partial charge in [0, 0.05) is 6.42 Å². The maximum atomic E-state index is 12.2. The Bertz CT molecular complexity index is 437. The summed E-state index contributed by atoms with van der Waals surface area (Å²) in [5.41, 5.74) is -5.54. The summed E-state index contributed by atoms with van der Waals surface area (Å²) in [5, 5.41) is 0. The molecule has 0 spiro atoms. The highest BCUT2D eigenvalue weighted by molar-refractivity contribution is 7.87. The second-order valence-corrected chi connectivity index (χ2v) is 5.48. The second kappa shape index (κ2) is 6.78. The van der Waals surface area contributed by atoms with Gasteiger partial charge in [-0.3, -0.25) is 0 Å². The number of allylic oxidation sites excluding steroid dienone is 1. The molecule has 112 valence electrons. The molecule has 0 aliphatic carbocycles. The predicted octanol–water partition coefficient (Wildman–Crippen LogP) is 2.35. The van der Waals surface area contributed by atoms with E-state index in [1.165, 1.54) is 6.92 Å². The Hall–Kier alpha value is -1.25. The van der Waals surface area contributed by atoms with Crippen molar-refractivity contribution in [3.05, 3.63) is 11.8 Å². The van der Waals surface area contributed by atoms with Gasteiger partial charge in [-0.25, -0.2) is 4.79 Å². The Morgan fingerprint density at radius 1 is 1.32 bits per heavy atom. The molecule has 0 radical (unpaired) electrons. The van der Waals surface area contributed by atoms with Crippen molar-refractivity contribution in [3.63, 3.8) is 0 Å². The molecule has 19 heavy (non-hydrogen) atoms. The van der Waals surface area contributed by atoms with Gasteiger partial charge < -0.3 is 8.92 Å². The number of rotatable bonds is 6. The van der Waals surface area contributed by atoms with Crippen molar-refractivity contribution < 1.29 is 35.3 Å². The van der Waals surface area contributed by atoms with Gasteiger partial charge in [0.25, 0.3) is 0 Å². The largest absolute Gasteiger partial charge is 0.534 e. The molecule has 0 aliphatic heterocycles. The number of alkyl halides is 3. The maximum Gasteiger partial charge on any atom is 0.534 e. The number of hydrogen-bond acceptors (Lipinski definition) is 5. The van der Waals surface area contributed by atoms with Crippen molar-refractivity contribution in [1.82, 2.24) is 0 Å². The monoisotopic (exact) mass is 304 g/mol. The van der Waals surface area contributed by atoms with E-state index in [-0.39, 0.29) is 18.9 Å². The van der Waals surface area contributed by atoms with E-state index in [9.17, 15) is 26.4 Å².